The summed E-state index contributed by atoms with van der Waals surface area (Å²) in [6.45, 7) is 30.9. The Bertz CT molecular complexity index is 643. The van der Waals surface area contributed by atoms with Crippen LogP contribution in [0.15, 0.2) is 12.2 Å². The summed E-state index contributed by atoms with van der Waals surface area (Å²) in [6.07, 6.45) is 1.97. The minimum atomic E-state index is -1.77. The third kappa shape index (κ3) is 21.9. The number of hydrogen-bond donors (Lipinski definition) is 0. The van der Waals surface area contributed by atoms with Crippen LogP contribution in [0.1, 0.15) is 19.8 Å². The van der Waals surface area contributed by atoms with Gasteiger partial charge in [0.25, 0.3) is 0 Å². The van der Waals surface area contributed by atoms with Gasteiger partial charge in [-0.05, 0) is 97.3 Å². The minimum Gasteiger partial charge on any atom is -0.460 e. The summed E-state index contributed by atoms with van der Waals surface area (Å²) in [6, 6.07) is 2.14. The summed E-state index contributed by atoms with van der Waals surface area (Å²) >= 11 is 0. The second-order valence-electron chi connectivity index (χ2n) is 12.7. The Balaban J connectivity index is 4.23. The van der Waals surface area contributed by atoms with Gasteiger partial charge < -0.3 is 27.2 Å². The first-order chi connectivity index (χ1) is 16.3. The minimum absolute atomic E-state index is 0.0108. The molecule has 0 saturated heterocycles. The number of carbonyl (C=O) groups is 1. The summed E-state index contributed by atoms with van der Waals surface area (Å²) in [7, 11) is -6.77. The summed E-state index contributed by atoms with van der Waals surface area (Å²) in [5.74, 6) is -0.367. The van der Waals surface area contributed by atoms with Gasteiger partial charge in [0.2, 0.25) is 0 Å². The van der Waals surface area contributed by atoms with Crippen LogP contribution in [0.5, 0.6) is 0 Å². The van der Waals surface area contributed by atoms with E-state index in [0.29, 0.717) is 32.0 Å². The third-order valence-electron chi connectivity index (χ3n) is 5.02. The van der Waals surface area contributed by atoms with Crippen molar-refractivity contribution in [3.05, 3.63) is 12.2 Å². The molecule has 0 aromatic carbocycles. The lowest BCUT2D eigenvalue weighted by atomic mass is 10.4. The molecule has 0 aliphatic carbocycles. The Labute approximate surface area is 226 Å². The van der Waals surface area contributed by atoms with Gasteiger partial charge in [-0.3, -0.25) is 0 Å². The molecule has 0 aromatic heterocycles. The molecule has 0 saturated carbocycles. The highest BCUT2D eigenvalue weighted by Gasteiger charge is 2.32. The van der Waals surface area contributed by atoms with E-state index < -0.39 is 33.3 Å². The largest absolute Gasteiger partial charge is 0.460 e. The number of ether oxygens (including phenoxy) is 3. The van der Waals surface area contributed by atoms with Gasteiger partial charge in [-0.15, -0.1) is 0 Å². The second-order valence-corrected chi connectivity index (χ2v) is 30.5. The van der Waals surface area contributed by atoms with Gasteiger partial charge in [-0.25, -0.2) is 4.79 Å². The molecular formula is C25H56O7Si4. The molecule has 7 nitrogen and oxygen atoms in total. The van der Waals surface area contributed by atoms with Crippen molar-refractivity contribution in [2.75, 3.05) is 39.6 Å². The number of rotatable bonds is 21. The van der Waals surface area contributed by atoms with Crippen LogP contribution < -0.4 is 0 Å². The fourth-order valence-corrected chi connectivity index (χ4v) is 14.3. The average molecular weight is 581 g/mol. The van der Waals surface area contributed by atoms with Gasteiger partial charge in [-0.1, -0.05) is 6.58 Å². The number of esters is 1. The molecule has 0 fully saturated rings. The monoisotopic (exact) mass is 580 g/mol. The zero-order valence-electron chi connectivity index (χ0n) is 25.2. The van der Waals surface area contributed by atoms with Crippen molar-refractivity contribution in [3.8, 4) is 0 Å². The second kappa shape index (κ2) is 16.8. The number of hydrogen-bond acceptors (Lipinski definition) is 7. The highest BCUT2D eigenvalue weighted by atomic mass is 28.4. The molecule has 0 N–H and O–H groups in total. The van der Waals surface area contributed by atoms with E-state index in [1.54, 1.807) is 6.92 Å². The summed E-state index contributed by atoms with van der Waals surface area (Å²) in [5, 5.41) is 0. The first-order valence-corrected chi connectivity index (χ1v) is 26.4. The number of carbonyl (C=O) groups excluding carboxylic acids is 1. The Morgan fingerprint density at radius 3 is 1.72 bits per heavy atom. The first-order valence-electron chi connectivity index (χ1n) is 13.3. The fourth-order valence-electron chi connectivity index (χ4n) is 3.64. The summed E-state index contributed by atoms with van der Waals surface area (Å²) < 4.78 is 35.8. The molecule has 1 unspecified atom stereocenters. The lowest BCUT2D eigenvalue weighted by Crippen LogP contribution is -2.44. The molecule has 0 radical (unpaired) electrons. The van der Waals surface area contributed by atoms with E-state index >= 15 is 0 Å². The molecule has 0 aromatic rings. The van der Waals surface area contributed by atoms with E-state index in [1.165, 1.54) is 0 Å². The maximum Gasteiger partial charge on any atom is 0.333 e. The van der Waals surface area contributed by atoms with Crippen molar-refractivity contribution in [2.24, 2.45) is 0 Å². The van der Waals surface area contributed by atoms with Crippen LogP contribution in [0, 0.1) is 0 Å². The topological polar surface area (TPSA) is 72.5 Å². The van der Waals surface area contributed by atoms with Gasteiger partial charge in [0.1, 0.15) is 6.61 Å². The quantitative estimate of drug-likeness (QED) is 0.0671. The Kier molecular flexibility index (Phi) is 16.7. The summed E-state index contributed by atoms with van der Waals surface area (Å²) in [4.78, 5) is 11.3. The first kappa shape index (κ1) is 35.9. The molecule has 214 valence electrons. The smallest absolute Gasteiger partial charge is 0.333 e. The van der Waals surface area contributed by atoms with Gasteiger partial charge in [0, 0.05) is 18.8 Å². The molecule has 36 heavy (non-hydrogen) atoms. The van der Waals surface area contributed by atoms with Crippen LogP contribution in [0.25, 0.3) is 0 Å². The van der Waals surface area contributed by atoms with E-state index in [4.69, 9.17) is 27.2 Å². The molecule has 0 aliphatic rings. The predicted octanol–water partition coefficient (Wildman–Crippen LogP) is 6.42. The lowest BCUT2D eigenvalue weighted by molar-refractivity contribution is -0.140. The van der Waals surface area contributed by atoms with Gasteiger partial charge in [0.15, 0.2) is 33.3 Å². The Morgan fingerprint density at radius 2 is 1.25 bits per heavy atom. The maximum absolute atomic E-state index is 11.3. The van der Waals surface area contributed by atoms with Crippen molar-refractivity contribution >= 4 is 39.2 Å². The van der Waals surface area contributed by atoms with E-state index in [0.717, 1.165) is 31.5 Å². The molecular weight excluding hydrogens is 525 g/mol. The van der Waals surface area contributed by atoms with Gasteiger partial charge in [-0.2, -0.15) is 0 Å². The molecule has 11 heteroatoms. The van der Waals surface area contributed by atoms with Crippen LogP contribution in [0.3, 0.4) is 0 Å². The predicted molar refractivity (Wildman–Crippen MR) is 160 cm³/mol. The highest BCUT2D eigenvalue weighted by Crippen LogP contribution is 2.24. The lowest BCUT2D eigenvalue weighted by Gasteiger charge is -2.34. The highest BCUT2D eigenvalue weighted by molar-refractivity contribution is 6.84. The van der Waals surface area contributed by atoms with Crippen molar-refractivity contribution in [3.63, 3.8) is 0 Å². The SMILES string of the molecule is C=C(C)C(=O)OCCOCCC[Si](C)(C)O[Si](C)(C)CCCOCC(CO[Si](C)(C)C)O[Si](C)(C)C. The zero-order valence-corrected chi connectivity index (χ0v) is 29.2. The van der Waals surface area contributed by atoms with E-state index in [2.05, 4.69) is 72.0 Å². The van der Waals surface area contributed by atoms with Crippen molar-refractivity contribution in [1.82, 2.24) is 0 Å². The van der Waals surface area contributed by atoms with E-state index in [1.807, 2.05) is 0 Å². The molecule has 0 aliphatic heterocycles. The molecule has 1 atom stereocenters. The van der Waals surface area contributed by atoms with Crippen molar-refractivity contribution in [1.29, 1.82) is 0 Å². The average Bonchev–Trinajstić information content (AvgIpc) is 2.68. The van der Waals surface area contributed by atoms with Crippen LogP contribution >= 0.6 is 0 Å². The molecule has 0 rings (SSSR count). The van der Waals surface area contributed by atoms with Crippen molar-refractivity contribution < 1.29 is 32.0 Å². The van der Waals surface area contributed by atoms with Crippen LogP contribution in [0.2, 0.25) is 77.6 Å². The standard InChI is InChI=1S/C25H56O7Si4/c1-23(2)25(26)29-18-17-27-15-13-19-35(9,10)32-36(11,12)20-14-16-28-21-24(31-34(6,7)8)22-30-33(3,4)5/h24H,1,13-22H2,2-12H3. The maximum atomic E-state index is 11.3. The third-order valence-corrected chi connectivity index (χ3v) is 14.6. The fraction of sp³-hybridized carbons (Fsp3) is 0.880. The Morgan fingerprint density at radius 1 is 0.722 bits per heavy atom. The summed E-state index contributed by atoms with van der Waals surface area (Å²) in [5.41, 5.74) is 0.408. The van der Waals surface area contributed by atoms with Crippen LogP contribution in [0.4, 0.5) is 0 Å². The van der Waals surface area contributed by atoms with E-state index in [9.17, 15) is 4.79 Å². The molecule has 0 heterocycles. The van der Waals surface area contributed by atoms with E-state index in [-0.39, 0.29) is 18.7 Å². The normalized spacial score (nSPS) is 14.1. The van der Waals surface area contributed by atoms with Crippen LogP contribution in [-0.4, -0.2) is 85.0 Å². The van der Waals surface area contributed by atoms with Gasteiger partial charge in [0.05, 0.1) is 25.9 Å². The molecule has 0 amide bonds. The zero-order chi connectivity index (χ0) is 28.0. The molecule has 0 spiro atoms. The van der Waals surface area contributed by atoms with Crippen molar-refractivity contribution in [2.45, 2.75) is 103 Å². The molecule has 0 bridgehead atoms. The van der Waals surface area contributed by atoms with Gasteiger partial charge >= 0.3 is 5.97 Å². The van der Waals surface area contributed by atoms with Crippen LogP contribution in [-0.2, 0) is 32.0 Å². The Hall–Kier alpha value is -0.122.